The maximum absolute atomic E-state index is 12.3. The van der Waals surface area contributed by atoms with E-state index in [1.807, 2.05) is 6.92 Å². The molecule has 1 fully saturated rings. The molecule has 0 amide bonds. The lowest BCUT2D eigenvalue weighted by atomic mass is 9.95. The van der Waals surface area contributed by atoms with Gasteiger partial charge in [-0.1, -0.05) is 33.6 Å². The summed E-state index contributed by atoms with van der Waals surface area (Å²) in [4.78, 5) is 14.7. The molecule has 0 bridgehead atoms. The van der Waals surface area contributed by atoms with E-state index in [1.54, 1.807) is 11.3 Å². The maximum atomic E-state index is 12.3. The maximum Gasteiger partial charge on any atom is 0.328 e. The molecule has 0 aromatic carbocycles. The van der Waals surface area contributed by atoms with Crippen molar-refractivity contribution in [2.24, 2.45) is 0 Å². The van der Waals surface area contributed by atoms with E-state index in [4.69, 9.17) is 4.74 Å². The number of esters is 1. The first-order valence-corrected chi connectivity index (χ1v) is 8.76. The van der Waals surface area contributed by atoms with Gasteiger partial charge in [-0.2, -0.15) is 0 Å². The lowest BCUT2D eigenvalue weighted by Gasteiger charge is -2.21. The molecule has 0 radical (unpaired) electrons. The molecule has 4 heteroatoms. The number of rotatable bonds is 5. The molecule has 0 aliphatic heterocycles. The van der Waals surface area contributed by atoms with Crippen LogP contribution in [0.4, 0.5) is 0 Å². The zero-order valence-corrected chi connectivity index (χ0v) is 14.4. The third kappa shape index (κ3) is 4.30. The second-order valence-electron chi connectivity index (χ2n) is 6.79. The van der Waals surface area contributed by atoms with Crippen LogP contribution in [-0.2, 0) is 14.9 Å². The van der Waals surface area contributed by atoms with Crippen molar-refractivity contribution in [1.82, 2.24) is 5.32 Å². The molecule has 1 saturated carbocycles. The topological polar surface area (TPSA) is 38.3 Å². The van der Waals surface area contributed by atoms with E-state index in [9.17, 15) is 4.79 Å². The van der Waals surface area contributed by atoms with Crippen LogP contribution in [0.15, 0.2) is 12.1 Å². The van der Waals surface area contributed by atoms with Gasteiger partial charge in [-0.25, -0.2) is 4.79 Å². The number of carbonyl (C=O) groups is 1. The number of carbonyl (C=O) groups excluding carboxylic acids is 1. The smallest absolute Gasteiger partial charge is 0.328 e. The summed E-state index contributed by atoms with van der Waals surface area (Å²) >= 11 is 1.72. The van der Waals surface area contributed by atoms with E-state index in [2.05, 4.69) is 38.2 Å². The number of ether oxygens (including phenoxy) is 1. The lowest BCUT2D eigenvalue weighted by molar-refractivity contribution is -0.146. The van der Waals surface area contributed by atoms with Gasteiger partial charge in [-0.3, -0.25) is 5.32 Å². The van der Waals surface area contributed by atoms with Gasteiger partial charge in [0, 0.05) is 15.8 Å². The van der Waals surface area contributed by atoms with Crippen molar-refractivity contribution < 1.29 is 9.53 Å². The van der Waals surface area contributed by atoms with Crippen LogP contribution in [0.1, 0.15) is 69.2 Å². The van der Waals surface area contributed by atoms with Crippen LogP contribution in [-0.4, -0.2) is 18.6 Å². The first-order chi connectivity index (χ1) is 9.91. The monoisotopic (exact) mass is 309 g/mol. The molecule has 1 atom stereocenters. The highest BCUT2D eigenvalue weighted by molar-refractivity contribution is 7.12. The number of nitrogens with one attached hydrogen (secondary N) is 1. The Morgan fingerprint density at radius 1 is 1.38 bits per heavy atom. The number of hydrogen-bond donors (Lipinski definition) is 1. The lowest BCUT2D eigenvalue weighted by Crippen LogP contribution is -2.36. The molecule has 1 aromatic rings. The van der Waals surface area contributed by atoms with Crippen LogP contribution in [0, 0.1) is 0 Å². The molecule has 1 N–H and O–H groups in total. The summed E-state index contributed by atoms with van der Waals surface area (Å²) < 4.78 is 5.27. The van der Waals surface area contributed by atoms with Crippen molar-refractivity contribution in [2.75, 3.05) is 6.61 Å². The van der Waals surface area contributed by atoms with Crippen LogP contribution < -0.4 is 5.32 Å². The van der Waals surface area contributed by atoms with Gasteiger partial charge in [0.1, 0.15) is 6.04 Å². The normalized spacial score (nSPS) is 17.9. The predicted molar refractivity (Wildman–Crippen MR) is 87.8 cm³/mol. The van der Waals surface area contributed by atoms with Gasteiger partial charge in [0.25, 0.3) is 0 Å². The molecular weight excluding hydrogens is 282 g/mol. The van der Waals surface area contributed by atoms with Gasteiger partial charge in [-0.15, -0.1) is 11.3 Å². The van der Waals surface area contributed by atoms with Crippen molar-refractivity contribution in [3.8, 4) is 0 Å². The van der Waals surface area contributed by atoms with Gasteiger partial charge in [0.2, 0.25) is 0 Å². The van der Waals surface area contributed by atoms with E-state index in [0.29, 0.717) is 12.6 Å². The predicted octanol–water partition coefficient (Wildman–Crippen LogP) is 4.18. The molecule has 1 unspecified atom stereocenters. The Bertz CT molecular complexity index is 469. The van der Waals surface area contributed by atoms with E-state index in [0.717, 1.165) is 17.7 Å². The zero-order valence-electron chi connectivity index (χ0n) is 13.6. The Morgan fingerprint density at radius 2 is 2.05 bits per heavy atom. The van der Waals surface area contributed by atoms with Crippen molar-refractivity contribution in [1.29, 1.82) is 0 Å². The summed E-state index contributed by atoms with van der Waals surface area (Å²) in [7, 11) is 0. The number of hydrogen-bond acceptors (Lipinski definition) is 4. The second kappa shape index (κ2) is 6.93. The summed E-state index contributed by atoms with van der Waals surface area (Å²) in [5.74, 6) is -0.147. The Hall–Kier alpha value is -0.870. The van der Waals surface area contributed by atoms with E-state index in [1.165, 1.54) is 17.7 Å². The quantitative estimate of drug-likeness (QED) is 0.829. The minimum Gasteiger partial charge on any atom is -0.465 e. The summed E-state index contributed by atoms with van der Waals surface area (Å²) in [5.41, 5.74) is 0.121. The van der Waals surface area contributed by atoms with Gasteiger partial charge in [-0.05, 0) is 37.3 Å². The van der Waals surface area contributed by atoms with Gasteiger partial charge >= 0.3 is 5.97 Å². The summed E-state index contributed by atoms with van der Waals surface area (Å²) in [6.07, 6.45) is 4.83. The third-order valence-corrected chi connectivity index (χ3v) is 5.51. The van der Waals surface area contributed by atoms with Gasteiger partial charge < -0.3 is 4.74 Å². The summed E-state index contributed by atoms with van der Waals surface area (Å²) in [5, 5.41) is 3.52. The first-order valence-electron chi connectivity index (χ1n) is 7.94. The average Bonchev–Trinajstić information content (AvgIpc) is 3.06. The highest BCUT2D eigenvalue weighted by atomic mass is 32.1. The Morgan fingerprint density at radius 3 is 2.57 bits per heavy atom. The largest absolute Gasteiger partial charge is 0.465 e. The fourth-order valence-electron chi connectivity index (χ4n) is 2.73. The summed E-state index contributed by atoms with van der Waals surface area (Å²) in [6, 6.07) is 4.35. The summed E-state index contributed by atoms with van der Waals surface area (Å²) in [6.45, 7) is 8.89. The molecule has 1 heterocycles. The van der Waals surface area contributed by atoms with Crippen LogP contribution in [0.25, 0.3) is 0 Å². The molecule has 3 nitrogen and oxygen atoms in total. The molecule has 1 aliphatic rings. The first kappa shape index (κ1) is 16.5. The molecule has 0 saturated heterocycles. The molecule has 0 spiro atoms. The molecule has 1 aliphatic carbocycles. The van der Waals surface area contributed by atoms with Crippen LogP contribution >= 0.6 is 11.3 Å². The zero-order chi connectivity index (χ0) is 15.5. The van der Waals surface area contributed by atoms with Crippen molar-refractivity contribution in [3.63, 3.8) is 0 Å². The minimum absolute atomic E-state index is 0.121. The van der Waals surface area contributed by atoms with Crippen LogP contribution in [0.5, 0.6) is 0 Å². The molecule has 21 heavy (non-hydrogen) atoms. The minimum atomic E-state index is -0.311. The second-order valence-corrected chi connectivity index (χ2v) is 7.90. The van der Waals surface area contributed by atoms with Crippen molar-refractivity contribution in [3.05, 3.63) is 21.9 Å². The standard InChI is InChI=1S/C17H27NO2S/c1-5-20-16(19)15(18-12-8-6-7-9-12)13-10-11-14(21-13)17(2,3)4/h10-12,15,18H,5-9H2,1-4H3. The van der Waals surface area contributed by atoms with Crippen LogP contribution in [0.2, 0.25) is 0 Å². The Kier molecular flexibility index (Phi) is 5.44. The SMILES string of the molecule is CCOC(=O)C(NC1CCCC1)c1ccc(C(C)(C)C)s1. The van der Waals surface area contributed by atoms with Gasteiger partial charge in [0.15, 0.2) is 0 Å². The highest BCUT2D eigenvalue weighted by Crippen LogP contribution is 2.33. The highest BCUT2D eigenvalue weighted by Gasteiger charge is 2.29. The van der Waals surface area contributed by atoms with E-state index in [-0.39, 0.29) is 17.4 Å². The third-order valence-electron chi connectivity index (χ3n) is 3.93. The molecule has 118 valence electrons. The molecule has 2 rings (SSSR count). The Balaban J connectivity index is 2.17. The van der Waals surface area contributed by atoms with Gasteiger partial charge in [0.05, 0.1) is 6.61 Å². The van der Waals surface area contributed by atoms with E-state index >= 15 is 0 Å². The van der Waals surface area contributed by atoms with E-state index < -0.39 is 0 Å². The molecular formula is C17H27NO2S. The fraction of sp³-hybridized carbons (Fsp3) is 0.706. The average molecular weight is 309 g/mol. The number of thiophene rings is 1. The van der Waals surface area contributed by atoms with Crippen LogP contribution in [0.3, 0.4) is 0 Å². The molecule has 1 aromatic heterocycles. The fourth-order valence-corrected chi connectivity index (χ4v) is 3.85. The van der Waals surface area contributed by atoms with Crippen molar-refractivity contribution in [2.45, 2.75) is 70.9 Å². The Labute approximate surface area is 132 Å². The van der Waals surface area contributed by atoms with Crippen molar-refractivity contribution >= 4 is 17.3 Å².